The molecule has 25 heavy (non-hydrogen) atoms. The van der Waals surface area contributed by atoms with E-state index >= 15 is 0 Å². The highest BCUT2D eigenvalue weighted by Crippen LogP contribution is 2.39. The van der Waals surface area contributed by atoms with Gasteiger partial charge in [-0.25, -0.2) is 4.39 Å². The highest BCUT2D eigenvalue weighted by molar-refractivity contribution is 6.54. The molecule has 1 aliphatic carbocycles. The van der Waals surface area contributed by atoms with E-state index in [-0.39, 0.29) is 6.61 Å². The van der Waals surface area contributed by atoms with E-state index in [0.717, 1.165) is 19.3 Å². The number of ether oxygens (including phenoxy) is 1. The Kier molecular flexibility index (Phi) is 4.73. The molecule has 1 aliphatic heterocycles. The summed E-state index contributed by atoms with van der Waals surface area (Å²) in [6.45, 7) is 7.76. The van der Waals surface area contributed by atoms with Crippen LogP contribution in [0.1, 0.15) is 52.5 Å². The number of aliphatic hydroxyl groups is 1. The lowest BCUT2D eigenvalue weighted by atomic mass is 9.81. The second kappa shape index (κ2) is 6.42. The van der Waals surface area contributed by atoms with Gasteiger partial charge in [0.1, 0.15) is 18.1 Å². The maximum Gasteiger partial charge on any atom is 0.525 e. The Morgan fingerprint density at radius 2 is 1.80 bits per heavy atom. The van der Waals surface area contributed by atoms with E-state index in [1.165, 1.54) is 6.08 Å². The van der Waals surface area contributed by atoms with Crippen LogP contribution in [0.4, 0.5) is 4.39 Å². The van der Waals surface area contributed by atoms with Gasteiger partial charge in [-0.2, -0.15) is 0 Å². The van der Waals surface area contributed by atoms with Gasteiger partial charge < -0.3 is 19.2 Å². The molecule has 0 amide bonds. The molecule has 0 atom stereocenters. The first-order chi connectivity index (χ1) is 11.6. The molecule has 3 rings (SSSR count). The van der Waals surface area contributed by atoms with E-state index in [2.05, 4.69) is 0 Å². The highest BCUT2D eigenvalue weighted by Gasteiger charge is 2.53. The molecule has 4 nitrogen and oxygen atoms in total. The van der Waals surface area contributed by atoms with Gasteiger partial charge in [0.05, 0.1) is 16.8 Å². The van der Waals surface area contributed by atoms with Crippen LogP contribution in [0.25, 0.3) is 6.08 Å². The standard InChI is InChI=1S/C19H26BFO4/c1-17(2)18(3,4)25-20(24-17)16(21)12-14-8-5-6-9-15(14)23-13-19(22)10-7-11-19/h5-6,8-9,12,22H,7,10-11,13H2,1-4H3. The van der Waals surface area contributed by atoms with Crippen molar-refractivity contribution in [2.24, 2.45) is 0 Å². The van der Waals surface area contributed by atoms with Gasteiger partial charge in [0.2, 0.25) is 0 Å². The first kappa shape index (κ1) is 18.4. The van der Waals surface area contributed by atoms with Crippen molar-refractivity contribution in [1.29, 1.82) is 0 Å². The van der Waals surface area contributed by atoms with Gasteiger partial charge in [-0.05, 0) is 59.1 Å². The predicted molar refractivity (Wildman–Crippen MR) is 95.9 cm³/mol. The molecule has 2 aliphatic rings. The van der Waals surface area contributed by atoms with Gasteiger partial charge >= 0.3 is 7.12 Å². The van der Waals surface area contributed by atoms with E-state index in [9.17, 15) is 9.50 Å². The summed E-state index contributed by atoms with van der Waals surface area (Å²) in [6, 6.07) is 7.18. The maximum absolute atomic E-state index is 14.7. The number of hydrogen-bond donors (Lipinski definition) is 1. The molecule has 6 heteroatoms. The fourth-order valence-electron chi connectivity index (χ4n) is 2.84. The van der Waals surface area contributed by atoms with E-state index in [1.807, 2.05) is 39.8 Å². The molecule has 1 aromatic carbocycles. The lowest BCUT2D eigenvalue weighted by molar-refractivity contribution is -0.0664. The molecular formula is C19H26BFO4. The van der Waals surface area contributed by atoms with Crippen molar-refractivity contribution in [3.63, 3.8) is 0 Å². The molecule has 2 fully saturated rings. The van der Waals surface area contributed by atoms with Crippen molar-refractivity contribution in [3.8, 4) is 5.75 Å². The molecule has 0 radical (unpaired) electrons. The minimum Gasteiger partial charge on any atom is -0.490 e. The van der Waals surface area contributed by atoms with Gasteiger partial charge in [0, 0.05) is 5.56 Å². The van der Waals surface area contributed by atoms with Crippen LogP contribution < -0.4 is 4.74 Å². The maximum atomic E-state index is 14.7. The molecule has 1 N–H and O–H groups in total. The van der Waals surface area contributed by atoms with Gasteiger partial charge in [-0.3, -0.25) is 0 Å². The summed E-state index contributed by atoms with van der Waals surface area (Å²) < 4.78 is 31.9. The Hall–Kier alpha value is -1.37. The summed E-state index contributed by atoms with van der Waals surface area (Å²) >= 11 is 0. The van der Waals surface area contributed by atoms with Gasteiger partial charge in [-0.1, -0.05) is 18.2 Å². The normalized spacial score (nSPS) is 24.1. The number of rotatable bonds is 5. The first-order valence-electron chi connectivity index (χ1n) is 8.79. The van der Waals surface area contributed by atoms with E-state index in [0.29, 0.717) is 11.3 Å². The second-order valence-electron chi connectivity index (χ2n) is 8.02. The van der Waals surface area contributed by atoms with Crippen LogP contribution >= 0.6 is 0 Å². The minimum absolute atomic E-state index is 0.218. The van der Waals surface area contributed by atoms with Crippen molar-refractivity contribution < 1.29 is 23.5 Å². The number of hydrogen-bond acceptors (Lipinski definition) is 4. The zero-order valence-corrected chi connectivity index (χ0v) is 15.3. The van der Waals surface area contributed by atoms with Crippen molar-refractivity contribution in [2.75, 3.05) is 6.61 Å². The van der Waals surface area contributed by atoms with E-state index < -0.39 is 29.6 Å². The Morgan fingerprint density at radius 3 is 2.36 bits per heavy atom. The Labute approximate surface area is 149 Å². The van der Waals surface area contributed by atoms with Crippen molar-refractivity contribution >= 4 is 13.2 Å². The third kappa shape index (κ3) is 3.76. The van der Waals surface area contributed by atoms with Crippen LogP contribution in [-0.4, -0.2) is 35.6 Å². The molecular weight excluding hydrogens is 322 g/mol. The smallest absolute Gasteiger partial charge is 0.490 e. The zero-order chi connectivity index (χ0) is 18.3. The summed E-state index contributed by atoms with van der Waals surface area (Å²) in [7, 11) is -1.03. The quantitative estimate of drug-likeness (QED) is 0.820. The van der Waals surface area contributed by atoms with Crippen LogP contribution in [0.2, 0.25) is 0 Å². The predicted octanol–water partition coefficient (Wildman–Crippen LogP) is 3.92. The summed E-state index contributed by atoms with van der Waals surface area (Å²) in [5.74, 6) is 0.537. The van der Waals surface area contributed by atoms with Crippen LogP contribution in [0.3, 0.4) is 0 Å². The first-order valence-corrected chi connectivity index (χ1v) is 8.79. The number of benzene rings is 1. The summed E-state index contributed by atoms with van der Waals surface area (Å²) in [6.07, 6.45) is 3.88. The molecule has 0 spiro atoms. The average Bonchev–Trinajstić information content (AvgIpc) is 2.73. The SMILES string of the molecule is CC1(C)OB(C(F)=Cc2ccccc2OCC2(O)CCC2)OC1(C)C. The molecule has 1 saturated heterocycles. The van der Waals surface area contributed by atoms with Crippen LogP contribution in [0.5, 0.6) is 5.75 Å². The minimum atomic E-state index is -1.03. The molecule has 0 unspecified atom stereocenters. The largest absolute Gasteiger partial charge is 0.525 e. The van der Waals surface area contributed by atoms with Crippen molar-refractivity contribution in [2.45, 2.75) is 63.8 Å². The lowest BCUT2D eigenvalue weighted by Crippen LogP contribution is -2.42. The molecule has 1 aromatic rings. The van der Waals surface area contributed by atoms with Crippen LogP contribution in [-0.2, 0) is 9.31 Å². The van der Waals surface area contributed by atoms with Crippen LogP contribution in [0.15, 0.2) is 30.0 Å². The number of halogens is 1. The third-order valence-corrected chi connectivity index (χ3v) is 5.47. The Balaban J connectivity index is 1.74. The molecule has 1 saturated carbocycles. The average molecular weight is 348 g/mol. The molecule has 0 bridgehead atoms. The van der Waals surface area contributed by atoms with Crippen molar-refractivity contribution in [1.82, 2.24) is 0 Å². The Morgan fingerprint density at radius 1 is 1.20 bits per heavy atom. The number of para-hydroxylation sites is 1. The molecule has 0 aromatic heterocycles. The topological polar surface area (TPSA) is 47.9 Å². The Bertz CT molecular complexity index is 651. The monoisotopic (exact) mass is 348 g/mol. The summed E-state index contributed by atoms with van der Waals surface area (Å²) in [5.41, 5.74) is -1.84. The van der Waals surface area contributed by atoms with E-state index in [4.69, 9.17) is 14.0 Å². The van der Waals surface area contributed by atoms with Crippen LogP contribution in [0, 0.1) is 0 Å². The lowest BCUT2D eigenvalue weighted by Gasteiger charge is -2.36. The summed E-state index contributed by atoms with van der Waals surface area (Å²) in [5, 5.41) is 10.2. The van der Waals surface area contributed by atoms with Gasteiger partial charge in [-0.15, -0.1) is 0 Å². The molecule has 136 valence electrons. The molecule has 1 heterocycles. The zero-order valence-electron chi connectivity index (χ0n) is 15.3. The second-order valence-corrected chi connectivity index (χ2v) is 8.02. The third-order valence-electron chi connectivity index (χ3n) is 5.47. The fourth-order valence-corrected chi connectivity index (χ4v) is 2.84. The highest BCUT2D eigenvalue weighted by atomic mass is 19.1. The summed E-state index contributed by atoms with van der Waals surface area (Å²) in [4.78, 5) is 0. The van der Waals surface area contributed by atoms with Gasteiger partial charge in [0.15, 0.2) is 0 Å². The van der Waals surface area contributed by atoms with E-state index in [1.54, 1.807) is 12.1 Å². The van der Waals surface area contributed by atoms with Gasteiger partial charge in [0.25, 0.3) is 0 Å². The van der Waals surface area contributed by atoms with Crippen molar-refractivity contribution in [3.05, 3.63) is 35.6 Å². The fraction of sp³-hybridized carbons (Fsp3) is 0.579.